The summed E-state index contributed by atoms with van der Waals surface area (Å²) in [4.78, 5) is 66.1. The van der Waals surface area contributed by atoms with Crippen molar-refractivity contribution < 1.29 is 34.2 Å². The molecule has 1 heterocycles. The number of carbonyl (C=O) groups is 5. The van der Waals surface area contributed by atoms with Crippen molar-refractivity contribution in [3.8, 4) is 0 Å². The van der Waals surface area contributed by atoms with E-state index in [4.69, 9.17) is 21.7 Å². The monoisotopic (exact) mass is 441 g/mol. The van der Waals surface area contributed by atoms with E-state index in [2.05, 4.69) is 25.9 Å². The van der Waals surface area contributed by atoms with Crippen LogP contribution in [-0.4, -0.2) is 80.6 Å². The third-order valence-corrected chi connectivity index (χ3v) is 4.13. The fourth-order valence-corrected chi connectivity index (χ4v) is 2.41. The van der Waals surface area contributed by atoms with E-state index in [0.717, 1.165) is 0 Å². The van der Waals surface area contributed by atoms with Gasteiger partial charge in [0.05, 0.1) is 19.0 Å². The van der Waals surface area contributed by atoms with Gasteiger partial charge in [-0.05, 0) is 13.3 Å². The molecule has 4 atom stereocenters. The Morgan fingerprint density at radius 2 is 1.65 bits per heavy atom. The Balaban J connectivity index is 3.00. The van der Waals surface area contributed by atoms with Crippen LogP contribution in [0.2, 0.25) is 0 Å². The summed E-state index contributed by atoms with van der Waals surface area (Å²) in [6.07, 6.45) is 2.29. The van der Waals surface area contributed by atoms with Gasteiger partial charge in [0, 0.05) is 24.7 Å². The highest BCUT2D eigenvalue weighted by Gasteiger charge is 2.30. The quantitative estimate of drug-likeness (QED) is 0.149. The molecule has 0 aliphatic rings. The maximum atomic E-state index is 12.8. The Labute approximate surface area is 177 Å². The molecule has 14 heteroatoms. The zero-order valence-electron chi connectivity index (χ0n) is 16.8. The lowest BCUT2D eigenvalue weighted by Crippen LogP contribution is -2.57. The molecule has 31 heavy (non-hydrogen) atoms. The topological polar surface area (TPSA) is 243 Å². The van der Waals surface area contributed by atoms with Crippen LogP contribution < -0.4 is 27.4 Å². The summed E-state index contributed by atoms with van der Waals surface area (Å²) < 4.78 is 0. The molecule has 4 unspecified atom stereocenters. The van der Waals surface area contributed by atoms with Crippen LogP contribution >= 0.6 is 0 Å². The maximum absolute atomic E-state index is 12.8. The van der Waals surface area contributed by atoms with E-state index in [9.17, 15) is 24.0 Å². The number of H-pyrrole nitrogens is 1. The molecule has 4 amide bonds. The van der Waals surface area contributed by atoms with E-state index < -0.39 is 60.4 Å². The van der Waals surface area contributed by atoms with Crippen molar-refractivity contribution in [2.45, 2.75) is 50.4 Å². The van der Waals surface area contributed by atoms with Gasteiger partial charge in [0.1, 0.15) is 18.1 Å². The molecular weight excluding hydrogens is 414 g/mol. The fraction of sp³-hybridized carbons (Fsp3) is 0.529. The molecular formula is C17H27N7O7. The minimum Gasteiger partial charge on any atom is -0.480 e. The highest BCUT2D eigenvalue weighted by molar-refractivity contribution is 5.94. The molecule has 172 valence electrons. The van der Waals surface area contributed by atoms with Crippen molar-refractivity contribution in [3.63, 3.8) is 0 Å². The second-order valence-electron chi connectivity index (χ2n) is 6.78. The lowest BCUT2D eigenvalue weighted by molar-refractivity contribution is -0.143. The van der Waals surface area contributed by atoms with Gasteiger partial charge in [-0.15, -0.1) is 0 Å². The average Bonchev–Trinajstić information content (AvgIpc) is 3.20. The molecule has 0 saturated carbocycles. The van der Waals surface area contributed by atoms with Crippen molar-refractivity contribution in [3.05, 3.63) is 18.2 Å². The third-order valence-electron chi connectivity index (χ3n) is 4.13. The van der Waals surface area contributed by atoms with Crippen molar-refractivity contribution in [2.75, 3.05) is 6.61 Å². The zero-order valence-corrected chi connectivity index (χ0v) is 16.8. The highest BCUT2D eigenvalue weighted by atomic mass is 16.4. The minimum absolute atomic E-state index is 0.0111. The Hall–Kier alpha value is -3.52. The van der Waals surface area contributed by atoms with Crippen molar-refractivity contribution in [1.82, 2.24) is 25.9 Å². The molecule has 0 aliphatic heterocycles. The van der Waals surface area contributed by atoms with Crippen LogP contribution in [0.15, 0.2) is 12.5 Å². The largest absolute Gasteiger partial charge is 0.480 e. The zero-order chi connectivity index (χ0) is 23.6. The van der Waals surface area contributed by atoms with Gasteiger partial charge >= 0.3 is 5.97 Å². The number of nitrogens with two attached hydrogens (primary N) is 2. The molecule has 10 N–H and O–H groups in total. The average molecular weight is 441 g/mol. The lowest BCUT2D eigenvalue weighted by atomic mass is 10.1. The second kappa shape index (κ2) is 12.2. The molecule has 0 saturated heterocycles. The van der Waals surface area contributed by atoms with Gasteiger partial charge < -0.3 is 42.6 Å². The molecule has 0 bridgehead atoms. The van der Waals surface area contributed by atoms with Crippen molar-refractivity contribution in [1.29, 1.82) is 0 Å². The first kappa shape index (κ1) is 25.5. The number of amides is 4. The number of nitrogens with zero attached hydrogens (tertiary/aromatic N) is 1. The minimum atomic E-state index is -1.61. The first-order valence-corrected chi connectivity index (χ1v) is 9.31. The second-order valence-corrected chi connectivity index (χ2v) is 6.78. The van der Waals surface area contributed by atoms with Gasteiger partial charge in [0.2, 0.25) is 23.6 Å². The standard InChI is InChI=1S/C17H27N7O7/c1-8(18)14(27)23-11(4-9-5-20-7-21-9)16(29)22-10(2-3-13(19)26)15(28)24-12(6-25)17(30)31/h5,7-8,10-12,25H,2-4,6,18H2,1H3,(H2,19,26)(H,20,21)(H,22,29)(H,23,27)(H,24,28)(H,30,31). The van der Waals surface area contributed by atoms with Gasteiger partial charge in [-0.25, -0.2) is 9.78 Å². The summed E-state index contributed by atoms with van der Waals surface area (Å²) in [5.74, 6) is -4.59. The fourth-order valence-electron chi connectivity index (χ4n) is 2.41. The number of aliphatic hydroxyl groups is 1. The van der Waals surface area contributed by atoms with Crippen LogP contribution in [0.4, 0.5) is 0 Å². The Kier molecular flexibility index (Phi) is 10.1. The van der Waals surface area contributed by atoms with E-state index in [0.29, 0.717) is 5.69 Å². The third kappa shape index (κ3) is 8.79. The number of carbonyl (C=O) groups excluding carboxylic acids is 4. The Morgan fingerprint density at radius 1 is 1.06 bits per heavy atom. The number of nitrogens with one attached hydrogen (secondary N) is 4. The molecule has 0 spiro atoms. The summed E-state index contributed by atoms with van der Waals surface area (Å²) in [7, 11) is 0. The van der Waals surface area contributed by atoms with E-state index in [1.165, 1.54) is 19.4 Å². The summed E-state index contributed by atoms with van der Waals surface area (Å²) in [6.45, 7) is 0.537. The molecule has 0 aromatic carbocycles. The van der Waals surface area contributed by atoms with Gasteiger partial charge in [-0.3, -0.25) is 19.2 Å². The normalized spacial score (nSPS) is 14.5. The van der Waals surface area contributed by atoms with Crippen LogP contribution in [0, 0.1) is 0 Å². The predicted octanol–water partition coefficient (Wildman–Crippen LogP) is -3.90. The summed E-state index contributed by atoms with van der Waals surface area (Å²) >= 11 is 0. The smallest absolute Gasteiger partial charge is 0.328 e. The van der Waals surface area contributed by atoms with E-state index >= 15 is 0 Å². The summed E-state index contributed by atoms with van der Waals surface area (Å²) in [5.41, 5.74) is 11.1. The van der Waals surface area contributed by atoms with Crippen LogP contribution in [-0.2, 0) is 30.4 Å². The molecule has 1 aromatic heterocycles. The first-order chi connectivity index (χ1) is 14.5. The number of carboxylic acids is 1. The molecule has 14 nitrogen and oxygen atoms in total. The number of primary amides is 1. The number of aliphatic hydroxyl groups excluding tert-OH is 1. The number of rotatable bonds is 13. The van der Waals surface area contributed by atoms with Gasteiger partial charge in [0.25, 0.3) is 0 Å². The number of aromatic nitrogens is 2. The molecule has 1 aromatic rings. The van der Waals surface area contributed by atoms with Gasteiger partial charge in [-0.1, -0.05) is 0 Å². The van der Waals surface area contributed by atoms with Gasteiger partial charge in [-0.2, -0.15) is 0 Å². The van der Waals surface area contributed by atoms with Gasteiger partial charge in [0.15, 0.2) is 0 Å². The van der Waals surface area contributed by atoms with E-state index in [1.807, 2.05) is 0 Å². The summed E-state index contributed by atoms with van der Waals surface area (Å²) in [6, 6.07) is -5.04. The van der Waals surface area contributed by atoms with E-state index in [1.54, 1.807) is 0 Å². The SMILES string of the molecule is CC(N)C(=O)NC(Cc1cnc[nH]1)C(=O)NC(CCC(N)=O)C(=O)NC(CO)C(=O)O. The Morgan fingerprint density at radius 3 is 2.13 bits per heavy atom. The number of hydrogen-bond acceptors (Lipinski definition) is 8. The van der Waals surface area contributed by atoms with Crippen LogP contribution in [0.5, 0.6) is 0 Å². The predicted molar refractivity (Wildman–Crippen MR) is 105 cm³/mol. The number of hydrogen-bond donors (Lipinski definition) is 8. The van der Waals surface area contributed by atoms with Crippen molar-refractivity contribution in [2.24, 2.45) is 11.5 Å². The lowest BCUT2D eigenvalue weighted by Gasteiger charge is -2.24. The molecule has 0 radical (unpaired) electrons. The maximum Gasteiger partial charge on any atom is 0.328 e. The highest BCUT2D eigenvalue weighted by Crippen LogP contribution is 2.04. The molecule has 1 rings (SSSR count). The summed E-state index contributed by atoms with van der Waals surface area (Å²) in [5, 5.41) is 25.0. The van der Waals surface area contributed by atoms with Crippen LogP contribution in [0.25, 0.3) is 0 Å². The Bertz CT molecular complexity index is 782. The molecule has 0 fully saturated rings. The van der Waals surface area contributed by atoms with Crippen molar-refractivity contribution >= 4 is 29.6 Å². The number of imidazole rings is 1. The number of carboxylic acid groups (broad SMARTS) is 1. The van der Waals surface area contributed by atoms with Crippen LogP contribution in [0.3, 0.4) is 0 Å². The first-order valence-electron chi connectivity index (χ1n) is 9.31. The number of aliphatic carboxylic acids is 1. The number of aromatic amines is 1. The molecule has 0 aliphatic carbocycles. The van der Waals surface area contributed by atoms with Crippen LogP contribution in [0.1, 0.15) is 25.5 Å². The van der Waals surface area contributed by atoms with E-state index in [-0.39, 0.29) is 19.3 Å².